The third kappa shape index (κ3) is 5.93. The second kappa shape index (κ2) is 12.2. The maximum atomic E-state index is 12.5. The van der Waals surface area contributed by atoms with Crippen molar-refractivity contribution in [3.05, 3.63) is 69.3 Å². The van der Waals surface area contributed by atoms with Gasteiger partial charge in [0.1, 0.15) is 6.29 Å². The van der Waals surface area contributed by atoms with Crippen LogP contribution in [-0.2, 0) is 24.3 Å². The zero-order valence-electron chi connectivity index (χ0n) is 20.4. The van der Waals surface area contributed by atoms with Gasteiger partial charge in [0.2, 0.25) is 0 Å². The highest BCUT2D eigenvalue weighted by Crippen LogP contribution is 2.36. The van der Waals surface area contributed by atoms with E-state index < -0.39 is 25.5 Å². The quantitative estimate of drug-likeness (QED) is 0.132. The smallest absolute Gasteiger partial charge is 0.358 e. The number of carbonyl (C=O) groups is 1. The number of ether oxygens (including phenoxy) is 1. The molecule has 6 nitrogen and oxygen atoms in total. The summed E-state index contributed by atoms with van der Waals surface area (Å²) in [6, 6.07) is 13.3. The van der Waals surface area contributed by atoms with E-state index in [1.165, 1.54) is 7.11 Å². The van der Waals surface area contributed by atoms with Crippen molar-refractivity contribution in [1.29, 1.82) is 0 Å². The molecule has 0 amide bonds. The van der Waals surface area contributed by atoms with Gasteiger partial charge in [-0.1, -0.05) is 90.3 Å². The molecule has 188 valence electrons. The number of rotatable bonds is 10. The number of alkyl halides is 1. The van der Waals surface area contributed by atoms with Gasteiger partial charge in [-0.2, -0.15) is 5.10 Å². The molecule has 0 N–H and O–H groups in total. The Morgan fingerprint density at radius 1 is 1.11 bits per heavy atom. The molecule has 0 unspecified atom stereocenters. The van der Waals surface area contributed by atoms with Gasteiger partial charge in [-0.25, -0.2) is 9.48 Å². The second-order valence-electron chi connectivity index (χ2n) is 8.35. The van der Waals surface area contributed by atoms with Gasteiger partial charge in [-0.05, 0) is 23.8 Å². The van der Waals surface area contributed by atoms with E-state index in [2.05, 4.69) is 60.1 Å². The monoisotopic (exact) mass is 614 g/mol. The molecule has 1 aromatic heterocycles. The lowest BCUT2D eigenvalue weighted by atomic mass is 9.83. The van der Waals surface area contributed by atoms with Crippen LogP contribution in [0.3, 0.4) is 0 Å². The first-order valence-electron chi connectivity index (χ1n) is 11.2. The average Bonchev–Trinajstić information content (AvgIpc) is 3.22. The highest BCUT2D eigenvalue weighted by Gasteiger charge is 2.32. The Bertz CT molecular complexity index is 1180. The molecule has 0 saturated heterocycles. The van der Waals surface area contributed by atoms with Crippen molar-refractivity contribution in [2.75, 3.05) is 7.11 Å². The maximum absolute atomic E-state index is 12.5. The normalized spacial score (nSPS) is 13.3. The first kappa shape index (κ1) is 28.1. The number of hydrogen-bond acceptors (Lipinski definition) is 5. The van der Waals surface area contributed by atoms with Gasteiger partial charge in [0.15, 0.2) is 25.2 Å². The number of benzene rings is 2. The topological polar surface area (TPSA) is 62.6 Å². The van der Waals surface area contributed by atoms with E-state index in [4.69, 9.17) is 36.8 Å². The van der Waals surface area contributed by atoms with E-state index in [1.54, 1.807) is 22.9 Å². The molecule has 0 radical (unpaired) electrons. The summed E-state index contributed by atoms with van der Waals surface area (Å²) in [7, 11) is 0.0744. The molecule has 0 aliphatic carbocycles. The van der Waals surface area contributed by atoms with Crippen molar-refractivity contribution in [3.8, 4) is 16.9 Å². The summed E-state index contributed by atoms with van der Waals surface area (Å²) in [5, 5.41) is 5.92. The zero-order valence-corrected chi connectivity index (χ0v) is 26.3. The van der Waals surface area contributed by atoms with Gasteiger partial charge < -0.3 is 13.6 Å². The highest BCUT2D eigenvalue weighted by molar-refractivity contribution is 9.08. The van der Waals surface area contributed by atoms with E-state index in [1.807, 2.05) is 12.1 Å². The van der Waals surface area contributed by atoms with Crippen LogP contribution in [0.4, 0.5) is 0 Å². The minimum absolute atomic E-state index is 0.220. The van der Waals surface area contributed by atoms with Crippen LogP contribution in [0.1, 0.15) is 35.5 Å². The van der Waals surface area contributed by atoms with E-state index in [9.17, 15) is 4.79 Å². The lowest BCUT2D eigenvalue weighted by Gasteiger charge is -2.35. The summed E-state index contributed by atoms with van der Waals surface area (Å²) in [6.07, 6.45) is -0.260. The SMILES string of the molecule is COC(=O)c1nn(-c2ccc(Cl)cc2Cl)c(-c2ccc(C(C)(C)C(O[SiH2]C)O[SiH2]C)cc2)c1CBr. The Morgan fingerprint density at radius 3 is 2.26 bits per heavy atom. The molecule has 11 heteroatoms. The molecule has 1 heterocycles. The van der Waals surface area contributed by atoms with Gasteiger partial charge in [-0.15, -0.1) is 0 Å². The molecular formula is C24H29BrCl2N2O4Si2. The molecule has 0 spiro atoms. The number of nitrogens with zero attached hydrogens (tertiary/aromatic N) is 2. The molecule has 0 fully saturated rings. The molecule has 2 aromatic carbocycles. The lowest BCUT2D eigenvalue weighted by Crippen LogP contribution is -2.39. The van der Waals surface area contributed by atoms with Crippen molar-refractivity contribution in [2.24, 2.45) is 0 Å². The zero-order chi connectivity index (χ0) is 25.8. The fourth-order valence-electron chi connectivity index (χ4n) is 3.92. The van der Waals surface area contributed by atoms with Crippen LogP contribution in [0, 0.1) is 0 Å². The van der Waals surface area contributed by atoms with Crippen molar-refractivity contribution >= 4 is 64.6 Å². The van der Waals surface area contributed by atoms with Gasteiger partial charge >= 0.3 is 5.97 Å². The van der Waals surface area contributed by atoms with E-state index >= 15 is 0 Å². The summed E-state index contributed by atoms with van der Waals surface area (Å²) >= 11 is 16.2. The number of carbonyl (C=O) groups excluding carboxylic acids is 1. The Morgan fingerprint density at radius 2 is 1.74 bits per heavy atom. The number of halogens is 3. The summed E-state index contributed by atoms with van der Waals surface area (Å²) in [5.41, 5.74) is 3.92. The largest absolute Gasteiger partial charge is 0.464 e. The summed E-state index contributed by atoms with van der Waals surface area (Å²) in [5.74, 6) is -0.521. The Balaban J connectivity index is 2.16. The summed E-state index contributed by atoms with van der Waals surface area (Å²) in [6.45, 7) is 8.49. The predicted molar refractivity (Wildman–Crippen MR) is 151 cm³/mol. The Kier molecular flexibility index (Phi) is 9.78. The van der Waals surface area contributed by atoms with E-state index in [-0.39, 0.29) is 17.4 Å². The van der Waals surface area contributed by atoms with Crippen LogP contribution in [0.2, 0.25) is 23.1 Å². The number of methoxy groups -OCH3 is 1. The summed E-state index contributed by atoms with van der Waals surface area (Å²) in [4.78, 5) is 12.5. The molecule has 3 aromatic rings. The Hall–Kier alpha value is -1.47. The fraction of sp³-hybridized carbons (Fsp3) is 0.333. The highest BCUT2D eigenvalue weighted by atomic mass is 79.9. The van der Waals surface area contributed by atoms with Crippen LogP contribution < -0.4 is 0 Å². The van der Waals surface area contributed by atoms with E-state index in [0.717, 1.165) is 16.8 Å². The van der Waals surface area contributed by atoms with Crippen LogP contribution in [0.25, 0.3) is 16.9 Å². The fourth-order valence-corrected chi connectivity index (χ4v) is 6.77. The number of aromatic nitrogens is 2. The van der Waals surface area contributed by atoms with Crippen molar-refractivity contribution in [2.45, 2.75) is 44.0 Å². The molecule has 0 saturated carbocycles. The van der Waals surface area contributed by atoms with Crippen molar-refractivity contribution < 1.29 is 18.4 Å². The molecule has 35 heavy (non-hydrogen) atoms. The predicted octanol–water partition coefficient (Wildman–Crippen LogP) is 5.43. The van der Waals surface area contributed by atoms with Gasteiger partial charge in [0.05, 0.1) is 23.5 Å². The second-order valence-corrected chi connectivity index (χ2v) is 11.6. The number of hydrogen-bond donors (Lipinski definition) is 0. The van der Waals surface area contributed by atoms with Crippen LogP contribution in [0.5, 0.6) is 0 Å². The minimum Gasteiger partial charge on any atom is -0.464 e. The lowest BCUT2D eigenvalue weighted by molar-refractivity contribution is -0.0433. The van der Waals surface area contributed by atoms with E-state index in [0.29, 0.717) is 26.6 Å². The molecule has 0 atom stereocenters. The average molecular weight is 616 g/mol. The van der Waals surface area contributed by atoms with Gasteiger partial charge in [0, 0.05) is 26.9 Å². The maximum Gasteiger partial charge on any atom is 0.358 e. The van der Waals surface area contributed by atoms with Crippen molar-refractivity contribution in [3.63, 3.8) is 0 Å². The molecule has 0 aliphatic heterocycles. The third-order valence-corrected chi connectivity index (χ3v) is 8.13. The van der Waals surface area contributed by atoms with Crippen LogP contribution in [0.15, 0.2) is 42.5 Å². The molecular weight excluding hydrogens is 587 g/mol. The first-order chi connectivity index (χ1) is 16.7. The summed E-state index contributed by atoms with van der Waals surface area (Å²) < 4.78 is 18.8. The molecule has 0 aliphatic rings. The van der Waals surface area contributed by atoms with Gasteiger partial charge in [-0.3, -0.25) is 0 Å². The minimum atomic E-state index is -0.631. The van der Waals surface area contributed by atoms with Crippen LogP contribution >= 0.6 is 39.1 Å². The standard InChI is InChI=1S/C24H29BrCl2N2O4Si2/c1-24(2,23(32-34-4)33-35-5)15-8-6-14(7-9-15)21-17(13-25)20(22(30)31-3)28-29(21)19-11-10-16(26)12-18(19)27/h6-12,23H,13,34-35H2,1-5H3. The van der Waals surface area contributed by atoms with Crippen LogP contribution in [-0.4, -0.2) is 48.7 Å². The number of esters is 1. The molecule has 0 bridgehead atoms. The third-order valence-electron chi connectivity index (χ3n) is 5.76. The molecule has 3 rings (SSSR count). The van der Waals surface area contributed by atoms with Gasteiger partial charge in [0.25, 0.3) is 0 Å². The van der Waals surface area contributed by atoms with Crippen molar-refractivity contribution in [1.82, 2.24) is 9.78 Å². The first-order valence-corrected chi connectivity index (χ1v) is 17.1. The Labute approximate surface area is 229 Å².